The Labute approximate surface area is 171 Å². The van der Waals surface area contributed by atoms with Crippen molar-refractivity contribution in [2.45, 2.75) is 44.7 Å². The van der Waals surface area contributed by atoms with Crippen LogP contribution < -0.4 is 10.1 Å². The normalized spacial score (nSPS) is 18.0. The minimum Gasteiger partial charge on any atom is -0.492 e. The summed E-state index contributed by atoms with van der Waals surface area (Å²) in [6.45, 7) is 6.81. The molecule has 0 aliphatic carbocycles. The van der Waals surface area contributed by atoms with E-state index in [-0.39, 0.29) is 23.5 Å². The van der Waals surface area contributed by atoms with Crippen molar-refractivity contribution in [3.05, 3.63) is 36.8 Å². The van der Waals surface area contributed by atoms with Crippen molar-refractivity contribution >= 4 is 21.6 Å². The maximum absolute atomic E-state index is 13.0. The maximum atomic E-state index is 13.0. The van der Waals surface area contributed by atoms with Gasteiger partial charge in [-0.3, -0.25) is 4.79 Å². The third-order valence-electron chi connectivity index (χ3n) is 4.98. The molecule has 0 radical (unpaired) electrons. The number of carbonyl (C=O) groups excluding carboxylic acids is 1. The lowest BCUT2D eigenvalue weighted by molar-refractivity contribution is -0.120. The Balaban J connectivity index is 1.72. The number of hydrogen-bond acceptors (Lipinski definition) is 5. The average molecular weight is 421 g/mol. The Hall–Kier alpha value is -2.39. The van der Waals surface area contributed by atoms with E-state index in [1.54, 1.807) is 22.9 Å². The highest BCUT2D eigenvalue weighted by Crippen LogP contribution is 2.27. The van der Waals surface area contributed by atoms with E-state index >= 15 is 0 Å². The molecule has 0 unspecified atom stereocenters. The topological polar surface area (TPSA) is 93.5 Å². The summed E-state index contributed by atoms with van der Waals surface area (Å²) in [5.41, 5.74) is 0.593. The van der Waals surface area contributed by atoms with E-state index in [9.17, 15) is 13.2 Å². The minimum atomic E-state index is -3.73. The number of anilines is 1. The lowest BCUT2D eigenvalue weighted by Gasteiger charge is -2.30. The Bertz CT molecular complexity index is 955. The number of para-hydroxylation sites is 2. The molecular weight excluding hydrogens is 392 g/mol. The molecule has 2 heterocycles. The van der Waals surface area contributed by atoms with Crippen LogP contribution in [0, 0.1) is 5.92 Å². The number of rotatable bonds is 7. The molecule has 1 fully saturated rings. The second-order valence-electron chi connectivity index (χ2n) is 7.37. The molecule has 1 aromatic carbocycles. The fraction of sp³-hybridized carbons (Fsp3) is 0.500. The molecule has 0 bridgehead atoms. The summed E-state index contributed by atoms with van der Waals surface area (Å²) < 4.78 is 34.6. The van der Waals surface area contributed by atoms with Gasteiger partial charge in [0.05, 0.1) is 24.5 Å². The molecule has 158 valence electrons. The van der Waals surface area contributed by atoms with Gasteiger partial charge in [-0.05, 0) is 45.7 Å². The quantitative estimate of drug-likeness (QED) is 0.743. The van der Waals surface area contributed by atoms with Crippen LogP contribution in [0.4, 0.5) is 5.69 Å². The number of aromatic nitrogens is 2. The number of piperidine rings is 1. The summed E-state index contributed by atoms with van der Waals surface area (Å²) in [7, 11) is -3.73. The Morgan fingerprint density at radius 1 is 1.34 bits per heavy atom. The molecule has 3 rings (SSSR count). The van der Waals surface area contributed by atoms with Gasteiger partial charge in [-0.2, -0.15) is 4.31 Å². The maximum Gasteiger partial charge on any atom is 0.262 e. The fourth-order valence-corrected chi connectivity index (χ4v) is 4.77. The van der Waals surface area contributed by atoms with E-state index in [0.717, 1.165) is 0 Å². The van der Waals surface area contributed by atoms with Crippen LogP contribution in [0.3, 0.4) is 0 Å². The number of ether oxygens (including phenoxy) is 1. The molecule has 29 heavy (non-hydrogen) atoms. The number of nitrogens with one attached hydrogen (secondary N) is 1. The van der Waals surface area contributed by atoms with Gasteiger partial charge in [0.1, 0.15) is 5.75 Å². The van der Waals surface area contributed by atoms with Crippen LogP contribution in [-0.4, -0.2) is 47.9 Å². The monoisotopic (exact) mass is 420 g/mol. The molecule has 1 amide bonds. The number of nitrogens with zero attached hydrogens (tertiary/aromatic N) is 3. The van der Waals surface area contributed by atoms with Gasteiger partial charge >= 0.3 is 0 Å². The predicted octanol–water partition coefficient (Wildman–Crippen LogP) is 2.90. The van der Waals surface area contributed by atoms with E-state index < -0.39 is 15.9 Å². The average Bonchev–Trinajstić information content (AvgIpc) is 3.21. The van der Waals surface area contributed by atoms with Crippen LogP contribution in [-0.2, 0) is 14.8 Å². The SMILES string of the molecule is CCOc1ccccc1NC(=O)[C@H]1CCCN(S(=O)(=O)c2cn(C(C)C)cn2)C1. The summed E-state index contributed by atoms with van der Waals surface area (Å²) in [5, 5.41) is 2.91. The van der Waals surface area contributed by atoms with Gasteiger partial charge in [0.2, 0.25) is 5.91 Å². The van der Waals surface area contributed by atoms with Crippen molar-refractivity contribution in [3.63, 3.8) is 0 Å². The number of sulfonamides is 1. The van der Waals surface area contributed by atoms with Crippen LogP contribution in [0.25, 0.3) is 0 Å². The fourth-order valence-electron chi connectivity index (χ4n) is 3.33. The number of amides is 1. The predicted molar refractivity (Wildman–Crippen MR) is 110 cm³/mol. The molecule has 1 aromatic heterocycles. The molecule has 2 aromatic rings. The molecule has 0 spiro atoms. The van der Waals surface area contributed by atoms with E-state index in [1.165, 1.54) is 10.6 Å². The first-order valence-electron chi connectivity index (χ1n) is 9.89. The molecule has 1 aliphatic heterocycles. The van der Waals surface area contributed by atoms with Crippen LogP contribution in [0.15, 0.2) is 41.8 Å². The summed E-state index contributed by atoms with van der Waals surface area (Å²) in [6.07, 6.45) is 4.32. The Morgan fingerprint density at radius 2 is 2.10 bits per heavy atom. The van der Waals surface area contributed by atoms with Crippen molar-refractivity contribution in [1.82, 2.24) is 13.9 Å². The standard InChI is InChI=1S/C20H28N4O4S/c1-4-28-18-10-6-5-9-17(18)22-20(25)16-8-7-11-24(12-16)29(26,27)19-13-23(14-21-19)15(2)3/h5-6,9-10,13-16H,4,7-8,11-12H2,1-3H3,(H,22,25)/t16-/m0/s1. The first kappa shape index (κ1) is 21.3. The lowest BCUT2D eigenvalue weighted by Crippen LogP contribution is -2.43. The zero-order chi connectivity index (χ0) is 21.0. The van der Waals surface area contributed by atoms with Crippen LogP contribution >= 0.6 is 0 Å². The van der Waals surface area contributed by atoms with E-state index in [2.05, 4.69) is 10.3 Å². The largest absolute Gasteiger partial charge is 0.492 e. The van der Waals surface area contributed by atoms with Crippen molar-refractivity contribution < 1.29 is 17.9 Å². The number of hydrogen-bond donors (Lipinski definition) is 1. The van der Waals surface area contributed by atoms with Gasteiger partial charge in [0.15, 0.2) is 5.03 Å². The molecule has 0 saturated carbocycles. The lowest BCUT2D eigenvalue weighted by atomic mass is 9.98. The van der Waals surface area contributed by atoms with Crippen molar-refractivity contribution in [2.24, 2.45) is 5.92 Å². The van der Waals surface area contributed by atoms with Gasteiger partial charge in [0.25, 0.3) is 10.0 Å². The summed E-state index contributed by atoms with van der Waals surface area (Å²) in [6, 6.07) is 7.35. The first-order valence-corrected chi connectivity index (χ1v) is 11.3. The van der Waals surface area contributed by atoms with E-state index in [1.807, 2.05) is 32.9 Å². The third kappa shape index (κ3) is 4.79. The molecule has 1 atom stereocenters. The molecule has 1 aliphatic rings. The highest BCUT2D eigenvalue weighted by atomic mass is 32.2. The van der Waals surface area contributed by atoms with Gasteiger partial charge in [-0.25, -0.2) is 13.4 Å². The van der Waals surface area contributed by atoms with Crippen molar-refractivity contribution in [2.75, 3.05) is 25.0 Å². The molecule has 9 heteroatoms. The zero-order valence-corrected chi connectivity index (χ0v) is 17.9. The first-order chi connectivity index (χ1) is 13.8. The van der Waals surface area contributed by atoms with Crippen molar-refractivity contribution in [3.8, 4) is 5.75 Å². The Morgan fingerprint density at radius 3 is 2.79 bits per heavy atom. The summed E-state index contributed by atoms with van der Waals surface area (Å²) in [4.78, 5) is 16.9. The summed E-state index contributed by atoms with van der Waals surface area (Å²) in [5.74, 6) is -0.0342. The van der Waals surface area contributed by atoms with Gasteiger partial charge < -0.3 is 14.6 Å². The summed E-state index contributed by atoms with van der Waals surface area (Å²) >= 11 is 0. The van der Waals surface area contributed by atoms with E-state index in [0.29, 0.717) is 37.4 Å². The molecule has 8 nitrogen and oxygen atoms in total. The van der Waals surface area contributed by atoms with Crippen LogP contribution in [0.1, 0.15) is 39.7 Å². The number of carbonyl (C=O) groups is 1. The Kier molecular flexibility index (Phi) is 6.59. The van der Waals surface area contributed by atoms with Gasteiger partial charge in [-0.1, -0.05) is 12.1 Å². The van der Waals surface area contributed by atoms with Crippen LogP contribution in [0.5, 0.6) is 5.75 Å². The highest BCUT2D eigenvalue weighted by molar-refractivity contribution is 7.89. The van der Waals surface area contributed by atoms with Crippen molar-refractivity contribution in [1.29, 1.82) is 0 Å². The van der Waals surface area contributed by atoms with Crippen LogP contribution in [0.2, 0.25) is 0 Å². The van der Waals surface area contributed by atoms with E-state index in [4.69, 9.17) is 4.74 Å². The third-order valence-corrected chi connectivity index (χ3v) is 6.73. The number of imidazole rings is 1. The molecule has 1 saturated heterocycles. The minimum absolute atomic E-state index is 0.0222. The molecular formula is C20H28N4O4S. The second kappa shape index (κ2) is 8.96. The molecule has 1 N–H and O–H groups in total. The second-order valence-corrected chi connectivity index (χ2v) is 9.26. The number of benzene rings is 1. The smallest absolute Gasteiger partial charge is 0.262 e. The van der Waals surface area contributed by atoms with Gasteiger partial charge in [0, 0.05) is 25.3 Å². The highest BCUT2D eigenvalue weighted by Gasteiger charge is 2.34. The zero-order valence-electron chi connectivity index (χ0n) is 17.0. The van der Waals surface area contributed by atoms with Gasteiger partial charge in [-0.15, -0.1) is 0 Å².